The van der Waals surface area contributed by atoms with Gasteiger partial charge in [-0.2, -0.15) is 0 Å². The summed E-state index contributed by atoms with van der Waals surface area (Å²) in [5.41, 5.74) is 3.80. The van der Waals surface area contributed by atoms with E-state index >= 15 is 0 Å². The molecule has 88 valence electrons. The molecule has 1 fully saturated rings. The molecule has 0 bridgehead atoms. The summed E-state index contributed by atoms with van der Waals surface area (Å²) in [5, 5.41) is 9.55. The van der Waals surface area contributed by atoms with Crippen molar-refractivity contribution in [2.24, 2.45) is 0 Å². The second kappa shape index (κ2) is 3.77. The van der Waals surface area contributed by atoms with E-state index in [1.807, 2.05) is 12.1 Å². The van der Waals surface area contributed by atoms with Crippen LogP contribution in [0.1, 0.15) is 37.0 Å². The van der Waals surface area contributed by atoms with Crippen LogP contribution in [0.25, 0.3) is 0 Å². The van der Waals surface area contributed by atoms with Crippen LogP contribution >= 0.6 is 0 Å². The summed E-state index contributed by atoms with van der Waals surface area (Å²) in [6, 6.07) is 3.69. The highest BCUT2D eigenvalue weighted by Gasteiger charge is 2.34. The van der Waals surface area contributed by atoms with Crippen LogP contribution in [0.15, 0.2) is 12.1 Å². The molecule has 0 radical (unpaired) electrons. The summed E-state index contributed by atoms with van der Waals surface area (Å²) in [6.07, 6.45) is 1.49. The Bertz CT molecular complexity index is 380. The van der Waals surface area contributed by atoms with E-state index in [0.29, 0.717) is 11.9 Å². The van der Waals surface area contributed by atoms with Crippen molar-refractivity contribution in [1.29, 1.82) is 0 Å². The Labute approximate surface area is 97.3 Å². The number of hydrogen-bond donors (Lipinski definition) is 1. The van der Waals surface area contributed by atoms with Crippen LogP contribution in [-0.4, -0.2) is 17.8 Å². The number of benzene rings is 1. The first-order chi connectivity index (χ1) is 7.40. The van der Waals surface area contributed by atoms with Gasteiger partial charge in [0, 0.05) is 0 Å². The second-order valence-corrected chi connectivity index (χ2v) is 5.50. The van der Waals surface area contributed by atoms with E-state index < -0.39 is 0 Å². The largest absolute Gasteiger partial charge is 0.508 e. The molecule has 2 nitrogen and oxygen atoms in total. The fraction of sp³-hybridized carbons (Fsp3) is 0.571. The Morgan fingerprint density at radius 3 is 2.25 bits per heavy atom. The molecule has 0 aliphatic carbocycles. The Hall–Kier alpha value is -1.02. The standard InChI is InChI=1S/C14H20O2/c1-9-5-11(15)6-10(2)13(9)14(3,4)7-12-8-16-12/h5-6,12,15H,7-8H2,1-4H3. The third-order valence-corrected chi connectivity index (χ3v) is 3.33. The first-order valence-electron chi connectivity index (χ1n) is 5.82. The fourth-order valence-electron chi connectivity index (χ4n) is 2.87. The van der Waals surface area contributed by atoms with Crippen LogP contribution in [0, 0.1) is 13.8 Å². The van der Waals surface area contributed by atoms with Gasteiger partial charge in [0.1, 0.15) is 5.75 Å². The van der Waals surface area contributed by atoms with E-state index in [1.165, 1.54) is 16.7 Å². The minimum Gasteiger partial charge on any atom is -0.508 e. The summed E-state index contributed by atoms with van der Waals surface area (Å²) in [6.45, 7) is 9.54. The number of rotatable bonds is 3. The number of ether oxygens (including phenoxy) is 1. The summed E-state index contributed by atoms with van der Waals surface area (Å²) < 4.78 is 5.32. The topological polar surface area (TPSA) is 32.8 Å². The zero-order valence-electron chi connectivity index (χ0n) is 10.5. The molecular formula is C14H20O2. The van der Waals surface area contributed by atoms with E-state index in [1.54, 1.807) is 0 Å². The molecule has 1 saturated heterocycles. The zero-order valence-corrected chi connectivity index (χ0v) is 10.5. The van der Waals surface area contributed by atoms with Gasteiger partial charge in [-0.15, -0.1) is 0 Å². The van der Waals surface area contributed by atoms with Gasteiger partial charge in [0.05, 0.1) is 12.7 Å². The monoisotopic (exact) mass is 220 g/mol. The molecular weight excluding hydrogens is 200 g/mol. The van der Waals surface area contributed by atoms with Gasteiger partial charge < -0.3 is 9.84 Å². The number of aryl methyl sites for hydroxylation is 2. The zero-order chi connectivity index (χ0) is 11.9. The number of hydrogen-bond acceptors (Lipinski definition) is 2. The Morgan fingerprint density at radius 1 is 1.31 bits per heavy atom. The first kappa shape index (κ1) is 11.5. The molecule has 1 aromatic rings. The van der Waals surface area contributed by atoms with Crippen LogP contribution in [0.3, 0.4) is 0 Å². The highest BCUT2D eigenvalue weighted by molar-refractivity contribution is 5.44. The van der Waals surface area contributed by atoms with Crippen molar-refractivity contribution in [1.82, 2.24) is 0 Å². The molecule has 1 heterocycles. The fourth-order valence-corrected chi connectivity index (χ4v) is 2.87. The number of phenols is 1. The van der Waals surface area contributed by atoms with Crippen molar-refractivity contribution in [2.75, 3.05) is 6.61 Å². The molecule has 0 spiro atoms. The van der Waals surface area contributed by atoms with Gasteiger partial charge in [-0.25, -0.2) is 0 Å². The smallest absolute Gasteiger partial charge is 0.116 e. The van der Waals surface area contributed by atoms with Gasteiger partial charge in [-0.3, -0.25) is 0 Å². The molecule has 0 saturated carbocycles. The molecule has 2 heteroatoms. The number of phenolic OH excluding ortho intramolecular Hbond substituents is 1. The predicted octanol–water partition coefficient (Wildman–Crippen LogP) is 3.08. The summed E-state index contributed by atoms with van der Waals surface area (Å²) in [7, 11) is 0. The van der Waals surface area contributed by atoms with Crippen LogP contribution in [0.2, 0.25) is 0 Å². The van der Waals surface area contributed by atoms with E-state index in [0.717, 1.165) is 13.0 Å². The summed E-state index contributed by atoms with van der Waals surface area (Å²) in [4.78, 5) is 0. The molecule has 1 aliphatic heterocycles. The maximum absolute atomic E-state index is 9.55. The van der Waals surface area contributed by atoms with Gasteiger partial charge >= 0.3 is 0 Å². The molecule has 1 atom stereocenters. The average Bonchev–Trinajstić information content (AvgIpc) is 2.83. The minimum atomic E-state index is 0.114. The molecule has 1 N–H and O–H groups in total. The van der Waals surface area contributed by atoms with Gasteiger partial charge in [-0.1, -0.05) is 13.8 Å². The van der Waals surface area contributed by atoms with Crippen molar-refractivity contribution < 1.29 is 9.84 Å². The van der Waals surface area contributed by atoms with Gasteiger partial charge in [0.15, 0.2) is 0 Å². The predicted molar refractivity (Wildman–Crippen MR) is 65.0 cm³/mol. The van der Waals surface area contributed by atoms with Gasteiger partial charge in [0.2, 0.25) is 0 Å². The molecule has 0 aromatic heterocycles. The number of aromatic hydroxyl groups is 1. The van der Waals surface area contributed by atoms with Crippen LogP contribution in [0.5, 0.6) is 5.75 Å². The van der Waals surface area contributed by atoms with E-state index in [-0.39, 0.29) is 5.41 Å². The lowest BCUT2D eigenvalue weighted by molar-refractivity contribution is 0.344. The minimum absolute atomic E-state index is 0.114. The lowest BCUT2D eigenvalue weighted by Crippen LogP contribution is -2.22. The van der Waals surface area contributed by atoms with Crippen LogP contribution in [-0.2, 0) is 10.2 Å². The average molecular weight is 220 g/mol. The van der Waals surface area contributed by atoms with Crippen LogP contribution < -0.4 is 0 Å². The normalized spacial score (nSPS) is 19.9. The second-order valence-electron chi connectivity index (χ2n) is 5.50. The third-order valence-electron chi connectivity index (χ3n) is 3.33. The number of epoxide rings is 1. The van der Waals surface area contributed by atoms with E-state index in [9.17, 15) is 5.11 Å². The highest BCUT2D eigenvalue weighted by atomic mass is 16.6. The maximum Gasteiger partial charge on any atom is 0.116 e. The Morgan fingerprint density at radius 2 is 1.81 bits per heavy atom. The van der Waals surface area contributed by atoms with Crippen LogP contribution in [0.4, 0.5) is 0 Å². The molecule has 1 aliphatic rings. The quantitative estimate of drug-likeness (QED) is 0.794. The molecule has 1 aromatic carbocycles. The van der Waals surface area contributed by atoms with E-state index in [2.05, 4.69) is 27.7 Å². The van der Waals surface area contributed by atoms with E-state index in [4.69, 9.17) is 4.74 Å². The third kappa shape index (κ3) is 2.22. The molecule has 2 rings (SSSR count). The highest BCUT2D eigenvalue weighted by Crippen LogP contribution is 2.37. The molecule has 16 heavy (non-hydrogen) atoms. The summed E-state index contributed by atoms with van der Waals surface area (Å²) in [5.74, 6) is 0.359. The van der Waals surface area contributed by atoms with Gasteiger partial charge in [-0.05, 0) is 54.5 Å². The molecule has 0 amide bonds. The van der Waals surface area contributed by atoms with Crippen molar-refractivity contribution in [3.8, 4) is 5.75 Å². The van der Waals surface area contributed by atoms with Crippen molar-refractivity contribution >= 4 is 0 Å². The summed E-state index contributed by atoms with van der Waals surface area (Å²) >= 11 is 0. The SMILES string of the molecule is Cc1cc(O)cc(C)c1C(C)(C)CC1CO1. The van der Waals surface area contributed by atoms with Crippen molar-refractivity contribution in [3.05, 3.63) is 28.8 Å². The Kier molecular flexibility index (Phi) is 2.70. The van der Waals surface area contributed by atoms with Crippen molar-refractivity contribution in [3.63, 3.8) is 0 Å². The van der Waals surface area contributed by atoms with Gasteiger partial charge in [0.25, 0.3) is 0 Å². The lowest BCUT2D eigenvalue weighted by atomic mass is 9.76. The lowest BCUT2D eigenvalue weighted by Gasteiger charge is -2.28. The molecule has 1 unspecified atom stereocenters. The maximum atomic E-state index is 9.55. The first-order valence-corrected chi connectivity index (χ1v) is 5.82. The Balaban J connectivity index is 2.37. The van der Waals surface area contributed by atoms with Crippen molar-refractivity contribution in [2.45, 2.75) is 45.6 Å².